The molecule has 0 saturated carbocycles. The number of aromatic nitrogens is 2. The quantitative estimate of drug-likeness (QED) is 0.887. The average Bonchev–Trinajstić information content (AvgIpc) is 3.13. The molecule has 1 aromatic heterocycles. The van der Waals surface area contributed by atoms with Gasteiger partial charge in [0.15, 0.2) is 5.82 Å². The fourth-order valence-electron chi connectivity index (χ4n) is 4.11. The van der Waals surface area contributed by atoms with Gasteiger partial charge in [-0.1, -0.05) is 37.3 Å². The van der Waals surface area contributed by atoms with Gasteiger partial charge in [0.25, 0.3) is 11.8 Å². The van der Waals surface area contributed by atoms with E-state index in [-0.39, 0.29) is 11.8 Å². The van der Waals surface area contributed by atoms with Crippen LogP contribution in [0.5, 0.6) is 0 Å². The predicted molar refractivity (Wildman–Crippen MR) is 107 cm³/mol. The monoisotopic (exact) mass is 380 g/mol. The van der Waals surface area contributed by atoms with Gasteiger partial charge in [0.05, 0.1) is 5.69 Å². The molecule has 2 aromatic rings. The Morgan fingerprint density at radius 1 is 1.11 bits per heavy atom. The number of imidazole rings is 1. The van der Waals surface area contributed by atoms with E-state index in [2.05, 4.69) is 17.2 Å². The van der Waals surface area contributed by atoms with Crippen molar-refractivity contribution in [3.8, 4) is 0 Å². The number of rotatable bonds is 4. The Morgan fingerprint density at radius 2 is 1.86 bits per heavy atom. The number of fused-ring (bicyclic) bond motifs is 1. The van der Waals surface area contributed by atoms with Gasteiger partial charge < -0.3 is 14.8 Å². The standard InChI is InChI=1S/C22H28N4O2/c1-16-10-13-25(14-11-16)22(28)19-18-9-5-6-12-26(18)20(24-19)21(27)23-15-17-7-3-2-4-8-17/h2-4,7-8,16H,5-6,9-15H2,1H3,(H,23,27). The summed E-state index contributed by atoms with van der Waals surface area (Å²) in [7, 11) is 0. The summed E-state index contributed by atoms with van der Waals surface area (Å²) in [6.07, 6.45) is 4.92. The molecule has 0 spiro atoms. The summed E-state index contributed by atoms with van der Waals surface area (Å²) in [6.45, 7) is 5.00. The topological polar surface area (TPSA) is 67.2 Å². The van der Waals surface area contributed by atoms with Crippen LogP contribution in [0.4, 0.5) is 0 Å². The molecule has 0 unspecified atom stereocenters. The summed E-state index contributed by atoms with van der Waals surface area (Å²) in [5.74, 6) is 0.816. The molecule has 1 N–H and O–H groups in total. The number of carbonyl (C=O) groups is 2. The SMILES string of the molecule is CC1CCN(C(=O)c2nc(C(=O)NCc3ccccc3)n3c2CCCC3)CC1. The smallest absolute Gasteiger partial charge is 0.287 e. The maximum atomic E-state index is 13.1. The summed E-state index contributed by atoms with van der Waals surface area (Å²) in [5, 5.41) is 2.96. The molecule has 2 aliphatic rings. The molecule has 4 rings (SSSR count). The summed E-state index contributed by atoms with van der Waals surface area (Å²) in [4.78, 5) is 32.4. The van der Waals surface area contributed by atoms with Crippen LogP contribution in [0.2, 0.25) is 0 Å². The first-order valence-electron chi connectivity index (χ1n) is 10.3. The van der Waals surface area contributed by atoms with Crippen LogP contribution in [-0.4, -0.2) is 39.4 Å². The number of likely N-dealkylation sites (tertiary alicyclic amines) is 1. The third-order valence-corrected chi connectivity index (χ3v) is 5.89. The molecule has 3 heterocycles. The Labute approximate surface area is 165 Å². The van der Waals surface area contributed by atoms with Gasteiger partial charge in [-0.2, -0.15) is 0 Å². The van der Waals surface area contributed by atoms with Crippen LogP contribution < -0.4 is 5.32 Å². The highest BCUT2D eigenvalue weighted by molar-refractivity contribution is 5.97. The molecule has 2 aliphatic heterocycles. The van der Waals surface area contributed by atoms with E-state index in [1.807, 2.05) is 39.8 Å². The molecule has 6 heteroatoms. The van der Waals surface area contributed by atoms with Crippen LogP contribution >= 0.6 is 0 Å². The molecule has 148 valence electrons. The molecule has 0 atom stereocenters. The molecular weight excluding hydrogens is 352 g/mol. The second kappa shape index (κ2) is 8.17. The molecule has 6 nitrogen and oxygen atoms in total. The molecule has 0 radical (unpaired) electrons. The van der Waals surface area contributed by atoms with E-state index >= 15 is 0 Å². The van der Waals surface area contributed by atoms with Crippen LogP contribution in [0.1, 0.15) is 65.0 Å². The Balaban J connectivity index is 1.54. The van der Waals surface area contributed by atoms with E-state index in [1.54, 1.807) is 0 Å². The molecule has 2 amide bonds. The summed E-state index contributed by atoms with van der Waals surface area (Å²) in [5.41, 5.74) is 2.46. The molecule has 0 aliphatic carbocycles. The van der Waals surface area contributed by atoms with Crippen molar-refractivity contribution in [1.82, 2.24) is 19.8 Å². The van der Waals surface area contributed by atoms with Crippen molar-refractivity contribution < 1.29 is 9.59 Å². The normalized spacial score (nSPS) is 17.2. The molecule has 1 aromatic carbocycles. The Hall–Kier alpha value is -2.63. The first-order valence-corrected chi connectivity index (χ1v) is 10.3. The van der Waals surface area contributed by atoms with Crippen molar-refractivity contribution in [3.05, 3.63) is 53.1 Å². The van der Waals surface area contributed by atoms with Crippen LogP contribution in [-0.2, 0) is 19.5 Å². The highest BCUT2D eigenvalue weighted by Crippen LogP contribution is 2.24. The lowest BCUT2D eigenvalue weighted by molar-refractivity contribution is 0.0690. The van der Waals surface area contributed by atoms with Gasteiger partial charge in [-0.25, -0.2) is 4.98 Å². The minimum absolute atomic E-state index is 0.0142. The maximum Gasteiger partial charge on any atom is 0.287 e. The van der Waals surface area contributed by atoms with Gasteiger partial charge in [0.2, 0.25) is 0 Å². The molecule has 1 saturated heterocycles. The highest BCUT2D eigenvalue weighted by atomic mass is 16.2. The minimum Gasteiger partial charge on any atom is -0.345 e. The fraction of sp³-hybridized carbons (Fsp3) is 0.500. The highest BCUT2D eigenvalue weighted by Gasteiger charge is 2.31. The fourth-order valence-corrected chi connectivity index (χ4v) is 4.11. The summed E-state index contributed by atoms with van der Waals surface area (Å²) in [6, 6.07) is 9.82. The summed E-state index contributed by atoms with van der Waals surface area (Å²) >= 11 is 0. The largest absolute Gasteiger partial charge is 0.345 e. The first kappa shape index (κ1) is 18.7. The van der Waals surface area contributed by atoms with Crippen molar-refractivity contribution in [2.75, 3.05) is 13.1 Å². The number of hydrogen-bond donors (Lipinski definition) is 1. The van der Waals surface area contributed by atoms with E-state index in [1.165, 1.54) is 0 Å². The Morgan fingerprint density at radius 3 is 2.61 bits per heavy atom. The van der Waals surface area contributed by atoms with Gasteiger partial charge >= 0.3 is 0 Å². The number of nitrogens with one attached hydrogen (secondary N) is 1. The third kappa shape index (κ3) is 3.81. The number of piperidine rings is 1. The molecule has 1 fully saturated rings. The van der Waals surface area contributed by atoms with Gasteiger partial charge in [0.1, 0.15) is 5.69 Å². The first-order chi connectivity index (χ1) is 13.6. The van der Waals surface area contributed by atoms with Gasteiger partial charge in [-0.3, -0.25) is 9.59 Å². The second-order valence-electron chi connectivity index (χ2n) is 7.98. The van der Waals surface area contributed by atoms with E-state index in [9.17, 15) is 9.59 Å². The lowest BCUT2D eigenvalue weighted by Gasteiger charge is -2.30. The number of hydrogen-bond acceptors (Lipinski definition) is 3. The molecule has 0 bridgehead atoms. The number of amides is 2. The zero-order valence-electron chi connectivity index (χ0n) is 16.5. The van der Waals surface area contributed by atoms with Crippen molar-refractivity contribution in [3.63, 3.8) is 0 Å². The van der Waals surface area contributed by atoms with E-state index in [0.29, 0.717) is 24.0 Å². The Bertz CT molecular complexity index is 851. The van der Waals surface area contributed by atoms with Crippen molar-refractivity contribution in [1.29, 1.82) is 0 Å². The van der Waals surface area contributed by atoms with Crippen LogP contribution in [0, 0.1) is 5.92 Å². The van der Waals surface area contributed by atoms with Crippen LogP contribution in [0.25, 0.3) is 0 Å². The van der Waals surface area contributed by atoms with Crippen molar-refractivity contribution in [2.24, 2.45) is 5.92 Å². The van der Waals surface area contributed by atoms with E-state index in [0.717, 1.165) is 63.0 Å². The summed E-state index contributed by atoms with van der Waals surface area (Å²) < 4.78 is 1.96. The number of nitrogens with zero attached hydrogens (tertiary/aromatic N) is 3. The number of benzene rings is 1. The van der Waals surface area contributed by atoms with Crippen LogP contribution in [0.15, 0.2) is 30.3 Å². The van der Waals surface area contributed by atoms with Crippen molar-refractivity contribution >= 4 is 11.8 Å². The van der Waals surface area contributed by atoms with Crippen molar-refractivity contribution in [2.45, 2.75) is 52.1 Å². The van der Waals surface area contributed by atoms with E-state index < -0.39 is 0 Å². The van der Waals surface area contributed by atoms with E-state index in [4.69, 9.17) is 0 Å². The van der Waals surface area contributed by atoms with Gasteiger partial charge in [-0.15, -0.1) is 0 Å². The van der Waals surface area contributed by atoms with Gasteiger partial charge in [-0.05, 0) is 43.6 Å². The van der Waals surface area contributed by atoms with Crippen LogP contribution in [0.3, 0.4) is 0 Å². The lowest BCUT2D eigenvalue weighted by atomic mass is 9.98. The zero-order chi connectivity index (χ0) is 19.5. The number of carbonyl (C=O) groups excluding carboxylic acids is 2. The molecule has 28 heavy (non-hydrogen) atoms. The van der Waals surface area contributed by atoms with Gasteiger partial charge in [0, 0.05) is 26.2 Å². The molecular formula is C22H28N4O2. The minimum atomic E-state index is -0.210. The maximum absolute atomic E-state index is 13.1. The Kier molecular flexibility index (Phi) is 5.46. The zero-order valence-corrected chi connectivity index (χ0v) is 16.5. The lowest BCUT2D eigenvalue weighted by Crippen LogP contribution is -2.38. The average molecular weight is 380 g/mol. The third-order valence-electron chi connectivity index (χ3n) is 5.89. The predicted octanol–water partition coefficient (Wildman–Crippen LogP) is 3.02. The second-order valence-corrected chi connectivity index (χ2v) is 7.98.